The second-order valence-corrected chi connectivity index (χ2v) is 5.17. The van der Waals surface area contributed by atoms with Crippen molar-refractivity contribution in [1.82, 2.24) is 0 Å². The number of Topliss-reactive ketones (excluding diaryl/α,β-unsaturated/α-hetero) is 1. The lowest BCUT2D eigenvalue weighted by Gasteiger charge is -2.05. The molecule has 0 aliphatic carbocycles. The Hall–Kier alpha value is -1.38. The van der Waals surface area contributed by atoms with Crippen molar-refractivity contribution in [3.05, 3.63) is 75.7 Å². The highest BCUT2D eigenvalue weighted by atomic mass is 79.9. The Labute approximate surface area is 119 Å². The minimum absolute atomic E-state index is 0.0889. The molecule has 0 radical (unpaired) electrons. The van der Waals surface area contributed by atoms with Crippen LogP contribution in [0.2, 0.25) is 5.02 Å². The van der Waals surface area contributed by atoms with E-state index in [9.17, 15) is 4.79 Å². The molecule has 0 spiro atoms. The minimum Gasteiger partial charge on any atom is -0.289 e. The Morgan fingerprint density at radius 3 is 2.00 bits per heavy atom. The topological polar surface area (TPSA) is 17.1 Å². The highest BCUT2D eigenvalue weighted by Gasteiger charge is 2.11. The van der Waals surface area contributed by atoms with Crippen LogP contribution in [0.3, 0.4) is 0 Å². The first kappa shape index (κ1) is 13.1. The van der Waals surface area contributed by atoms with Crippen molar-refractivity contribution in [2.45, 2.75) is 0 Å². The summed E-state index contributed by atoms with van der Waals surface area (Å²) in [7, 11) is 0. The molecule has 0 N–H and O–H groups in total. The van der Waals surface area contributed by atoms with Gasteiger partial charge in [-0.05, 0) is 42.0 Å². The van der Waals surface area contributed by atoms with Crippen molar-refractivity contribution in [2.24, 2.45) is 0 Å². The average Bonchev–Trinajstić information content (AvgIpc) is 2.39. The van der Waals surface area contributed by atoms with Crippen molar-refractivity contribution in [3.63, 3.8) is 0 Å². The molecular formula is C15H10BrClO. The van der Waals surface area contributed by atoms with E-state index in [-0.39, 0.29) is 5.78 Å². The van der Waals surface area contributed by atoms with E-state index in [0.29, 0.717) is 16.2 Å². The van der Waals surface area contributed by atoms with Crippen LogP contribution in [-0.2, 0) is 0 Å². The van der Waals surface area contributed by atoms with Crippen LogP contribution in [0.25, 0.3) is 5.57 Å². The van der Waals surface area contributed by atoms with Crippen LogP contribution >= 0.6 is 27.5 Å². The second kappa shape index (κ2) is 5.51. The quantitative estimate of drug-likeness (QED) is 0.574. The number of hydrogen-bond donors (Lipinski definition) is 0. The van der Waals surface area contributed by atoms with E-state index in [2.05, 4.69) is 22.5 Å². The Bertz CT molecular complexity index is 529. The fraction of sp³-hybridized carbons (Fsp3) is 0. The molecule has 0 atom stereocenters. The summed E-state index contributed by atoms with van der Waals surface area (Å²) in [4.78, 5) is 12.2. The first-order valence-corrected chi connectivity index (χ1v) is 6.50. The van der Waals surface area contributed by atoms with E-state index in [1.54, 1.807) is 24.3 Å². The number of rotatable bonds is 3. The standard InChI is InChI=1S/C15H10BrClO/c1-10(11-2-6-13(16)7-3-11)15(18)12-4-8-14(17)9-5-12/h2-9H,1H2. The van der Waals surface area contributed by atoms with Gasteiger partial charge in [-0.15, -0.1) is 0 Å². The van der Waals surface area contributed by atoms with E-state index in [1.165, 1.54) is 0 Å². The summed E-state index contributed by atoms with van der Waals surface area (Å²) in [6.45, 7) is 3.86. The lowest BCUT2D eigenvalue weighted by molar-refractivity contribution is 0.105. The molecule has 2 aromatic rings. The lowest BCUT2D eigenvalue weighted by Crippen LogP contribution is -2.01. The van der Waals surface area contributed by atoms with E-state index < -0.39 is 0 Å². The van der Waals surface area contributed by atoms with Crippen LogP contribution in [0.15, 0.2) is 59.6 Å². The molecule has 0 aliphatic heterocycles. The van der Waals surface area contributed by atoms with Crippen LogP contribution in [0.1, 0.15) is 15.9 Å². The lowest BCUT2D eigenvalue weighted by atomic mass is 9.98. The molecule has 0 amide bonds. The van der Waals surface area contributed by atoms with Crippen molar-refractivity contribution in [2.75, 3.05) is 0 Å². The fourth-order valence-corrected chi connectivity index (χ4v) is 1.95. The molecule has 3 heteroatoms. The van der Waals surface area contributed by atoms with Crippen molar-refractivity contribution in [3.8, 4) is 0 Å². The normalized spacial score (nSPS) is 10.1. The molecule has 0 heterocycles. The van der Waals surface area contributed by atoms with Crippen molar-refractivity contribution < 1.29 is 4.79 Å². The zero-order chi connectivity index (χ0) is 13.1. The molecule has 0 saturated carbocycles. The zero-order valence-corrected chi connectivity index (χ0v) is 11.8. The van der Waals surface area contributed by atoms with E-state index in [4.69, 9.17) is 11.6 Å². The molecule has 0 aromatic heterocycles. The van der Waals surface area contributed by atoms with Crippen molar-refractivity contribution >= 4 is 38.9 Å². The highest BCUT2D eigenvalue weighted by molar-refractivity contribution is 9.10. The number of allylic oxidation sites excluding steroid dienone is 1. The second-order valence-electron chi connectivity index (χ2n) is 3.82. The number of hydrogen-bond acceptors (Lipinski definition) is 1. The van der Waals surface area contributed by atoms with Gasteiger partial charge >= 0.3 is 0 Å². The van der Waals surface area contributed by atoms with Crippen LogP contribution in [0.4, 0.5) is 0 Å². The predicted molar refractivity (Wildman–Crippen MR) is 79.0 cm³/mol. The molecule has 0 fully saturated rings. The maximum absolute atomic E-state index is 12.2. The first-order valence-electron chi connectivity index (χ1n) is 5.33. The van der Waals surface area contributed by atoms with Crippen LogP contribution in [0.5, 0.6) is 0 Å². The van der Waals surface area contributed by atoms with Gasteiger partial charge in [0.2, 0.25) is 0 Å². The maximum Gasteiger partial charge on any atom is 0.193 e. The molecule has 18 heavy (non-hydrogen) atoms. The Morgan fingerprint density at radius 1 is 0.944 bits per heavy atom. The zero-order valence-electron chi connectivity index (χ0n) is 9.49. The van der Waals surface area contributed by atoms with Gasteiger partial charge < -0.3 is 0 Å². The van der Waals surface area contributed by atoms with Gasteiger partial charge in [0.1, 0.15) is 0 Å². The number of carbonyl (C=O) groups excluding carboxylic acids is 1. The Balaban J connectivity index is 2.26. The number of ketones is 1. The number of benzene rings is 2. The highest BCUT2D eigenvalue weighted by Crippen LogP contribution is 2.21. The molecular weight excluding hydrogens is 312 g/mol. The van der Waals surface area contributed by atoms with Gasteiger partial charge in [0.05, 0.1) is 0 Å². The van der Waals surface area contributed by atoms with Gasteiger partial charge in [-0.2, -0.15) is 0 Å². The summed E-state index contributed by atoms with van der Waals surface area (Å²) in [5.74, 6) is -0.0889. The van der Waals surface area contributed by atoms with Crippen LogP contribution < -0.4 is 0 Å². The third kappa shape index (κ3) is 2.89. The smallest absolute Gasteiger partial charge is 0.193 e. The van der Waals surface area contributed by atoms with Gasteiger partial charge in [-0.3, -0.25) is 4.79 Å². The third-order valence-corrected chi connectivity index (χ3v) is 3.35. The Morgan fingerprint density at radius 2 is 1.44 bits per heavy atom. The van der Waals surface area contributed by atoms with Crippen molar-refractivity contribution in [1.29, 1.82) is 0 Å². The molecule has 90 valence electrons. The average molecular weight is 322 g/mol. The molecule has 2 aromatic carbocycles. The summed E-state index contributed by atoms with van der Waals surface area (Å²) in [5, 5.41) is 0.612. The molecule has 0 aliphatic rings. The number of carbonyl (C=O) groups is 1. The Kier molecular flexibility index (Phi) is 4.00. The van der Waals surface area contributed by atoms with Gasteiger partial charge in [0.15, 0.2) is 5.78 Å². The summed E-state index contributed by atoms with van der Waals surface area (Å²) in [6, 6.07) is 14.3. The monoisotopic (exact) mass is 320 g/mol. The SMILES string of the molecule is C=C(C(=O)c1ccc(Cl)cc1)c1ccc(Br)cc1. The van der Waals surface area contributed by atoms with Crippen LogP contribution in [0, 0.1) is 0 Å². The fourth-order valence-electron chi connectivity index (χ4n) is 1.56. The van der Waals surface area contributed by atoms with E-state index in [0.717, 1.165) is 10.0 Å². The summed E-state index contributed by atoms with van der Waals surface area (Å²) in [5.41, 5.74) is 1.88. The van der Waals surface area contributed by atoms with Gasteiger partial charge in [-0.25, -0.2) is 0 Å². The third-order valence-electron chi connectivity index (χ3n) is 2.57. The largest absolute Gasteiger partial charge is 0.289 e. The predicted octanol–water partition coefficient (Wildman–Crippen LogP) is 5.00. The van der Waals surface area contributed by atoms with E-state index >= 15 is 0 Å². The van der Waals surface area contributed by atoms with Crippen LogP contribution in [-0.4, -0.2) is 5.78 Å². The maximum atomic E-state index is 12.2. The number of halogens is 2. The summed E-state index contributed by atoms with van der Waals surface area (Å²) in [6.07, 6.45) is 0. The molecule has 2 rings (SSSR count). The molecule has 0 unspecified atom stereocenters. The molecule has 1 nitrogen and oxygen atoms in total. The van der Waals surface area contributed by atoms with Gasteiger partial charge in [-0.1, -0.05) is 46.2 Å². The summed E-state index contributed by atoms with van der Waals surface area (Å²) >= 11 is 9.15. The molecule has 0 saturated heterocycles. The van der Waals surface area contributed by atoms with Gasteiger partial charge in [0, 0.05) is 20.6 Å². The van der Waals surface area contributed by atoms with E-state index in [1.807, 2.05) is 24.3 Å². The first-order chi connectivity index (χ1) is 8.58. The minimum atomic E-state index is -0.0889. The molecule has 0 bridgehead atoms. The van der Waals surface area contributed by atoms with Gasteiger partial charge in [0.25, 0.3) is 0 Å². The summed E-state index contributed by atoms with van der Waals surface area (Å²) < 4.78 is 0.970.